The van der Waals surface area contributed by atoms with Crippen LogP contribution in [0.1, 0.15) is 12.8 Å². The van der Waals surface area contributed by atoms with Crippen molar-refractivity contribution in [1.82, 2.24) is 14.7 Å². The van der Waals surface area contributed by atoms with Gasteiger partial charge < -0.3 is 9.84 Å². The van der Waals surface area contributed by atoms with E-state index in [-0.39, 0.29) is 6.10 Å². The van der Waals surface area contributed by atoms with Gasteiger partial charge in [0.1, 0.15) is 12.4 Å². The van der Waals surface area contributed by atoms with Gasteiger partial charge in [0.2, 0.25) is 0 Å². The van der Waals surface area contributed by atoms with Crippen LogP contribution in [0.4, 0.5) is 0 Å². The van der Waals surface area contributed by atoms with Crippen molar-refractivity contribution in [3.05, 3.63) is 34.9 Å². The third-order valence-corrected chi connectivity index (χ3v) is 4.84. The number of nitrogens with zero attached hydrogens (tertiary/aromatic N) is 3. The first-order valence-electron chi connectivity index (χ1n) is 7.95. The number of aliphatic hydroxyl groups is 1. The van der Waals surface area contributed by atoms with E-state index in [0.29, 0.717) is 6.61 Å². The summed E-state index contributed by atoms with van der Waals surface area (Å²) in [6.07, 6.45) is 3.39. The molecular weight excluding hydrogens is 358 g/mol. The minimum atomic E-state index is -0.130. The molecule has 0 amide bonds. The third kappa shape index (κ3) is 3.94. The lowest BCUT2D eigenvalue weighted by molar-refractivity contribution is 0.0755. The lowest BCUT2D eigenvalue weighted by Crippen LogP contribution is -2.38. The van der Waals surface area contributed by atoms with Gasteiger partial charge in [-0.15, -0.1) is 0 Å². The van der Waals surface area contributed by atoms with E-state index in [0.717, 1.165) is 54.0 Å². The number of ether oxygens (including phenoxy) is 1. The molecule has 0 aliphatic carbocycles. The molecule has 2 aromatic rings. The summed E-state index contributed by atoms with van der Waals surface area (Å²) in [5.41, 5.74) is 2.05. The van der Waals surface area contributed by atoms with Crippen LogP contribution in [0.25, 0.3) is 11.3 Å². The second-order valence-electron chi connectivity index (χ2n) is 5.88. The molecule has 124 valence electrons. The highest BCUT2D eigenvalue weighted by molar-refractivity contribution is 9.10. The Balaban J connectivity index is 1.65. The molecule has 1 fully saturated rings. The quantitative estimate of drug-likeness (QED) is 0.867. The van der Waals surface area contributed by atoms with Gasteiger partial charge in [-0.2, -0.15) is 5.10 Å². The van der Waals surface area contributed by atoms with Crippen molar-refractivity contribution < 1.29 is 9.84 Å². The Labute approximate surface area is 145 Å². The van der Waals surface area contributed by atoms with E-state index in [4.69, 9.17) is 4.74 Å². The maximum atomic E-state index is 9.55. The monoisotopic (exact) mass is 379 g/mol. The van der Waals surface area contributed by atoms with Crippen molar-refractivity contribution >= 4 is 15.9 Å². The first kappa shape index (κ1) is 16.5. The van der Waals surface area contributed by atoms with E-state index >= 15 is 0 Å². The largest absolute Gasteiger partial charge is 0.492 e. The predicted octanol–water partition coefficient (Wildman–Crippen LogP) is 2.69. The number of para-hydroxylation sites is 1. The van der Waals surface area contributed by atoms with Gasteiger partial charge >= 0.3 is 0 Å². The Morgan fingerprint density at radius 3 is 2.74 bits per heavy atom. The Kier molecular flexibility index (Phi) is 5.35. The van der Waals surface area contributed by atoms with Crippen LogP contribution in [-0.4, -0.2) is 52.1 Å². The minimum Gasteiger partial charge on any atom is -0.492 e. The van der Waals surface area contributed by atoms with Crippen LogP contribution in [0.15, 0.2) is 34.9 Å². The number of aromatic nitrogens is 2. The van der Waals surface area contributed by atoms with Gasteiger partial charge in [-0.1, -0.05) is 12.1 Å². The highest BCUT2D eigenvalue weighted by Crippen LogP contribution is 2.34. The summed E-state index contributed by atoms with van der Waals surface area (Å²) in [6, 6.07) is 8.04. The van der Waals surface area contributed by atoms with Gasteiger partial charge in [0.15, 0.2) is 0 Å². The minimum absolute atomic E-state index is 0.130. The zero-order valence-electron chi connectivity index (χ0n) is 13.3. The Hall–Kier alpha value is -1.37. The van der Waals surface area contributed by atoms with Crippen molar-refractivity contribution in [2.45, 2.75) is 18.9 Å². The highest BCUT2D eigenvalue weighted by atomic mass is 79.9. The average molecular weight is 380 g/mol. The number of aliphatic hydroxyl groups excluding tert-OH is 1. The average Bonchev–Trinajstić information content (AvgIpc) is 2.89. The number of rotatable bonds is 5. The summed E-state index contributed by atoms with van der Waals surface area (Å²) in [5.74, 6) is 0.869. The summed E-state index contributed by atoms with van der Waals surface area (Å²) < 4.78 is 8.84. The van der Waals surface area contributed by atoms with Crippen LogP contribution >= 0.6 is 15.9 Å². The van der Waals surface area contributed by atoms with E-state index < -0.39 is 0 Å². The molecule has 6 heteroatoms. The number of hydrogen-bond acceptors (Lipinski definition) is 4. The first-order valence-corrected chi connectivity index (χ1v) is 8.74. The number of hydrogen-bond donors (Lipinski definition) is 1. The number of aryl methyl sites for hydroxylation is 1. The molecule has 1 aromatic carbocycles. The molecule has 0 unspecified atom stereocenters. The molecule has 0 atom stereocenters. The van der Waals surface area contributed by atoms with Crippen LogP contribution in [0, 0.1) is 0 Å². The Bertz CT molecular complexity index is 632. The maximum Gasteiger partial charge on any atom is 0.128 e. The standard InChI is InChI=1S/C17H22BrN3O2/c1-20-17(15(18)12-19-20)14-4-2-3-5-16(14)23-11-10-21-8-6-13(22)7-9-21/h2-5,12-13,22H,6-11H2,1H3. The molecule has 0 spiro atoms. The number of benzene rings is 1. The zero-order valence-corrected chi connectivity index (χ0v) is 14.9. The summed E-state index contributed by atoms with van der Waals surface area (Å²) in [7, 11) is 1.93. The fraction of sp³-hybridized carbons (Fsp3) is 0.471. The van der Waals surface area contributed by atoms with Gasteiger partial charge in [0, 0.05) is 32.2 Å². The molecule has 1 aromatic heterocycles. The smallest absolute Gasteiger partial charge is 0.128 e. The normalized spacial score (nSPS) is 16.7. The first-order chi connectivity index (χ1) is 11.1. The second-order valence-corrected chi connectivity index (χ2v) is 6.74. The van der Waals surface area contributed by atoms with E-state index in [1.807, 2.05) is 36.0 Å². The molecule has 2 heterocycles. The predicted molar refractivity (Wildman–Crippen MR) is 93.5 cm³/mol. The van der Waals surface area contributed by atoms with Crippen molar-refractivity contribution in [3.63, 3.8) is 0 Å². The van der Waals surface area contributed by atoms with E-state index in [1.165, 1.54) is 0 Å². The van der Waals surface area contributed by atoms with Crippen molar-refractivity contribution in [3.8, 4) is 17.0 Å². The van der Waals surface area contributed by atoms with Gasteiger partial charge in [-0.05, 0) is 40.9 Å². The lowest BCUT2D eigenvalue weighted by atomic mass is 10.1. The van der Waals surface area contributed by atoms with Gasteiger partial charge in [-0.25, -0.2) is 0 Å². The van der Waals surface area contributed by atoms with Crippen molar-refractivity contribution in [2.24, 2.45) is 7.05 Å². The molecule has 1 N–H and O–H groups in total. The molecule has 1 saturated heterocycles. The fourth-order valence-electron chi connectivity index (χ4n) is 2.93. The molecule has 1 aliphatic heterocycles. The van der Waals surface area contributed by atoms with Gasteiger partial charge in [-0.3, -0.25) is 9.58 Å². The molecule has 1 aliphatic rings. The van der Waals surface area contributed by atoms with Crippen molar-refractivity contribution in [1.29, 1.82) is 0 Å². The molecule has 0 bridgehead atoms. The Morgan fingerprint density at radius 1 is 1.30 bits per heavy atom. The SMILES string of the molecule is Cn1ncc(Br)c1-c1ccccc1OCCN1CCC(O)CC1. The van der Waals surface area contributed by atoms with Crippen LogP contribution < -0.4 is 4.74 Å². The van der Waals surface area contributed by atoms with Crippen LogP contribution in [0.3, 0.4) is 0 Å². The third-order valence-electron chi connectivity index (χ3n) is 4.26. The molecule has 0 saturated carbocycles. The van der Waals surface area contributed by atoms with E-state index in [2.05, 4.69) is 25.9 Å². The summed E-state index contributed by atoms with van der Waals surface area (Å²) >= 11 is 3.55. The van der Waals surface area contributed by atoms with Gasteiger partial charge in [0.25, 0.3) is 0 Å². The number of likely N-dealkylation sites (tertiary alicyclic amines) is 1. The highest BCUT2D eigenvalue weighted by Gasteiger charge is 2.17. The van der Waals surface area contributed by atoms with Crippen LogP contribution in [-0.2, 0) is 7.05 Å². The fourth-order valence-corrected chi connectivity index (χ4v) is 3.49. The molecule has 5 nitrogen and oxygen atoms in total. The summed E-state index contributed by atoms with van der Waals surface area (Å²) in [4.78, 5) is 2.34. The second kappa shape index (κ2) is 7.47. The van der Waals surface area contributed by atoms with Crippen LogP contribution in [0.5, 0.6) is 5.75 Å². The lowest BCUT2D eigenvalue weighted by Gasteiger charge is -2.29. The van der Waals surface area contributed by atoms with Crippen LogP contribution in [0.2, 0.25) is 0 Å². The van der Waals surface area contributed by atoms with Gasteiger partial charge in [0.05, 0.1) is 22.5 Å². The maximum absolute atomic E-state index is 9.55. The molecule has 23 heavy (non-hydrogen) atoms. The summed E-state index contributed by atoms with van der Waals surface area (Å²) in [5, 5.41) is 13.8. The zero-order chi connectivity index (χ0) is 16.2. The van der Waals surface area contributed by atoms with Crippen molar-refractivity contribution in [2.75, 3.05) is 26.2 Å². The number of piperidine rings is 1. The topological polar surface area (TPSA) is 50.5 Å². The Morgan fingerprint density at radius 2 is 2.04 bits per heavy atom. The van der Waals surface area contributed by atoms with E-state index in [9.17, 15) is 5.11 Å². The summed E-state index contributed by atoms with van der Waals surface area (Å²) in [6.45, 7) is 3.41. The molecule has 3 rings (SSSR count). The molecular formula is C17H22BrN3O2. The molecule has 0 radical (unpaired) electrons. The van der Waals surface area contributed by atoms with E-state index in [1.54, 1.807) is 6.20 Å². The number of halogens is 1.